The second kappa shape index (κ2) is 7.55. The summed E-state index contributed by atoms with van der Waals surface area (Å²) in [4.78, 5) is 12.4. The van der Waals surface area contributed by atoms with Gasteiger partial charge in [0.25, 0.3) is 0 Å². The summed E-state index contributed by atoms with van der Waals surface area (Å²) in [7, 11) is 1.63. The minimum Gasteiger partial charge on any atom is -0.497 e. The highest BCUT2D eigenvalue weighted by Gasteiger charge is 2.26. The van der Waals surface area contributed by atoms with Crippen molar-refractivity contribution in [1.82, 2.24) is 20.1 Å². The van der Waals surface area contributed by atoms with Crippen LogP contribution < -0.4 is 14.8 Å². The van der Waals surface area contributed by atoms with E-state index in [0.29, 0.717) is 32.0 Å². The maximum absolute atomic E-state index is 12.4. The van der Waals surface area contributed by atoms with E-state index in [1.807, 2.05) is 22.8 Å². The molecular weight excluding hydrogens is 320 g/mol. The standard InChI is InChI=1S/C18H24N4O3/c1-12(2)22-11-20-21-17(22)6-7-19-18(23)14-8-13-9-15(24-3)4-5-16(13)25-10-14/h4-5,9,11-12,14H,6-8,10H2,1-3H3,(H,19,23). The van der Waals surface area contributed by atoms with E-state index in [1.54, 1.807) is 13.4 Å². The topological polar surface area (TPSA) is 78.3 Å². The number of aromatic nitrogens is 3. The van der Waals surface area contributed by atoms with Crippen LogP contribution in [0.25, 0.3) is 0 Å². The van der Waals surface area contributed by atoms with Gasteiger partial charge in [-0.2, -0.15) is 0 Å². The molecule has 1 aliphatic rings. The normalized spacial score (nSPS) is 16.2. The number of nitrogens with one attached hydrogen (secondary N) is 1. The van der Waals surface area contributed by atoms with Gasteiger partial charge in [0, 0.05) is 19.0 Å². The maximum atomic E-state index is 12.4. The van der Waals surface area contributed by atoms with Crippen molar-refractivity contribution in [3.8, 4) is 11.5 Å². The van der Waals surface area contributed by atoms with Gasteiger partial charge in [0.1, 0.15) is 30.3 Å². The second-order valence-corrected chi connectivity index (χ2v) is 6.47. The number of rotatable bonds is 6. The first-order valence-electron chi connectivity index (χ1n) is 8.54. The number of fused-ring (bicyclic) bond motifs is 1. The van der Waals surface area contributed by atoms with Crippen molar-refractivity contribution in [1.29, 1.82) is 0 Å². The molecule has 0 saturated heterocycles. The number of carbonyl (C=O) groups is 1. The Balaban J connectivity index is 1.54. The number of ether oxygens (including phenoxy) is 2. The molecule has 0 fully saturated rings. The van der Waals surface area contributed by atoms with Crippen LogP contribution in [0.4, 0.5) is 0 Å². The lowest BCUT2D eigenvalue weighted by Crippen LogP contribution is -2.38. The summed E-state index contributed by atoms with van der Waals surface area (Å²) in [6.07, 6.45) is 3.03. The highest BCUT2D eigenvalue weighted by atomic mass is 16.5. The Morgan fingerprint density at radius 3 is 3.08 bits per heavy atom. The summed E-state index contributed by atoms with van der Waals surface area (Å²) in [5, 5.41) is 11.0. The average Bonchev–Trinajstić information content (AvgIpc) is 3.09. The van der Waals surface area contributed by atoms with Crippen molar-refractivity contribution in [2.75, 3.05) is 20.3 Å². The van der Waals surface area contributed by atoms with Crippen molar-refractivity contribution >= 4 is 5.91 Å². The number of benzene rings is 1. The van der Waals surface area contributed by atoms with E-state index in [2.05, 4.69) is 29.4 Å². The molecule has 0 aliphatic carbocycles. The molecule has 134 valence electrons. The predicted molar refractivity (Wildman–Crippen MR) is 92.8 cm³/mol. The maximum Gasteiger partial charge on any atom is 0.226 e. The highest BCUT2D eigenvalue weighted by Crippen LogP contribution is 2.30. The van der Waals surface area contributed by atoms with Crippen LogP contribution in [0.15, 0.2) is 24.5 Å². The van der Waals surface area contributed by atoms with Gasteiger partial charge >= 0.3 is 0 Å². The molecule has 0 spiro atoms. The van der Waals surface area contributed by atoms with Crippen molar-refractivity contribution in [2.24, 2.45) is 5.92 Å². The van der Waals surface area contributed by atoms with Crippen LogP contribution in [0.2, 0.25) is 0 Å². The fourth-order valence-corrected chi connectivity index (χ4v) is 2.98. The zero-order valence-corrected chi connectivity index (χ0v) is 14.9. The molecule has 1 aromatic carbocycles. The summed E-state index contributed by atoms with van der Waals surface area (Å²) in [5.41, 5.74) is 1.00. The zero-order valence-electron chi connectivity index (χ0n) is 14.9. The van der Waals surface area contributed by atoms with Crippen LogP contribution in [-0.2, 0) is 17.6 Å². The van der Waals surface area contributed by atoms with Crippen LogP contribution in [0.5, 0.6) is 11.5 Å². The van der Waals surface area contributed by atoms with E-state index in [9.17, 15) is 4.79 Å². The third-order valence-electron chi connectivity index (χ3n) is 4.40. The molecule has 7 heteroatoms. The molecular formula is C18H24N4O3. The van der Waals surface area contributed by atoms with E-state index in [4.69, 9.17) is 9.47 Å². The van der Waals surface area contributed by atoms with E-state index < -0.39 is 0 Å². The molecule has 1 aliphatic heterocycles. The number of carbonyl (C=O) groups excluding carboxylic acids is 1. The largest absolute Gasteiger partial charge is 0.497 e. The van der Waals surface area contributed by atoms with E-state index in [-0.39, 0.29) is 11.8 Å². The Hall–Kier alpha value is -2.57. The van der Waals surface area contributed by atoms with Crippen molar-refractivity contribution < 1.29 is 14.3 Å². The highest BCUT2D eigenvalue weighted by molar-refractivity contribution is 5.79. The first-order valence-corrected chi connectivity index (χ1v) is 8.54. The molecule has 25 heavy (non-hydrogen) atoms. The molecule has 1 amide bonds. The molecule has 1 N–H and O–H groups in total. The summed E-state index contributed by atoms with van der Waals surface area (Å²) >= 11 is 0. The quantitative estimate of drug-likeness (QED) is 0.864. The van der Waals surface area contributed by atoms with Crippen LogP contribution in [-0.4, -0.2) is 40.9 Å². The Bertz CT molecular complexity index is 742. The fraction of sp³-hybridized carbons (Fsp3) is 0.500. The molecule has 7 nitrogen and oxygen atoms in total. The predicted octanol–water partition coefficient (Wildman–Crippen LogP) is 1.78. The van der Waals surface area contributed by atoms with Crippen molar-refractivity contribution in [3.63, 3.8) is 0 Å². The van der Waals surface area contributed by atoms with Gasteiger partial charge in [-0.25, -0.2) is 0 Å². The molecule has 0 radical (unpaired) electrons. The first kappa shape index (κ1) is 17.3. The molecule has 2 heterocycles. The number of methoxy groups -OCH3 is 1. The monoisotopic (exact) mass is 344 g/mol. The van der Waals surface area contributed by atoms with E-state index in [0.717, 1.165) is 22.9 Å². The Morgan fingerprint density at radius 1 is 1.48 bits per heavy atom. The number of nitrogens with zero attached hydrogens (tertiary/aromatic N) is 3. The van der Waals surface area contributed by atoms with Gasteiger partial charge in [-0.3, -0.25) is 4.79 Å². The number of hydrogen-bond acceptors (Lipinski definition) is 5. The Kier molecular flexibility index (Phi) is 5.21. The molecule has 1 atom stereocenters. The smallest absolute Gasteiger partial charge is 0.226 e. The van der Waals surface area contributed by atoms with Crippen molar-refractivity contribution in [3.05, 3.63) is 35.9 Å². The Morgan fingerprint density at radius 2 is 2.32 bits per heavy atom. The molecule has 1 aromatic heterocycles. The van der Waals surface area contributed by atoms with Crippen LogP contribution in [0.3, 0.4) is 0 Å². The SMILES string of the molecule is COc1ccc2c(c1)CC(C(=O)NCCc1nncn1C(C)C)CO2. The van der Waals surface area contributed by atoms with Crippen molar-refractivity contribution in [2.45, 2.75) is 32.7 Å². The van der Waals surface area contributed by atoms with E-state index >= 15 is 0 Å². The Labute approximate surface area is 147 Å². The second-order valence-electron chi connectivity index (χ2n) is 6.47. The molecule has 3 rings (SSSR count). The fourth-order valence-electron chi connectivity index (χ4n) is 2.98. The van der Waals surface area contributed by atoms with Gasteiger partial charge in [-0.15, -0.1) is 10.2 Å². The van der Waals surface area contributed by atoms with Gasteiger partial charge in [0.2, 0.25) is 5.91 Å². The van der Waals surface area contributed by atoms with E-state index in [1.165, 1.54) is 0 Å². The summed E-state index contributed by atoms with van der Waals surface area (Å²) < 4.78 is 13.0. The summed E-state index contributed by atoms with van der Waals surface area (Å²) in [5.74, 6) is 2.29. The van der Waals surface area contributed by atoms with Crippen LogP contribution >= 0.6 is 0 Å². The van der Waals surface area contributed by atoms with Gasteiger partial charge in [-0.05, 0) is 44.0 Å². The third-order valence-corrected chi connectivity index (χ3v) is 4.40. The summed E-state index contributed by atoms with van der Waals surface area (Å²) in [6.45, 7) is 5.09. The minimum absolute atomic E-state index is 0.00378. The minimum atomic E-state index is -0.192. The third kappa shape index (κ3) is 3.92. The molecule has 2 aromatic rings. The number of amides is 1. The van der Waals surface area contributed by atoms with Crippen LogP contribution in [0.1, 0.15) is 31.3 Å². The van der Waals surface area contributed by atoms with Gasteiger partial charge in [0.05, 0.1) is 13.0 Å². The van der Waals surface area contributed by atoms with Crippen LogP contribution in [0, 0.1) is 5.92 Å². The lowest BCUT2D eigenvalue weighted by molar-refractivity contribution is -0.126. The zero-order chi connectivity index (χ0) is 17.8. The molecule has 0 bridgehead atoms. The van der Waals surface area contributed by atoms with Gasteiger partial charge in [-0.1, -0.05) is 0 Å². The lowest BCUT2D eigenvalue weighted by atomic mass is 9.96. The number of hydrogen-bond donors (Lipinski definition) is 1. The lowest BCUT2D eigenvalue weighted by Gasteiger charge is -2.25. The summed E-state index contributed by atoms with van der Waals surface area (Å²) in [6, 6.07) is 5.99. The first-order chi connectivity index (χ1) is 12.1. The average molecular weight is 344 g/mol. The van der Waals surface area contributed by atoms with Gasteiger partial charge in [0.15, 0.2) is 0 Å². The molecule has 0 saturated carbocycles. The van der Waals surface area contributed by atoms with Gasteiger partial charge < -0.3 is 19.4 Å². The molecule has 1 unspecified atom stereocenters.